The predicted octanol–water partition coefficient (Wildman–Crippen LogP) is 13.5. The molecule has 0 aliphatic carbocycles. The molecule has 0 amide bonds. The normalized spacial score (nSPS) is 13.0. The first-order valence-corrected chi connectivity index (χ1v) is 21.2. The Morgan fingerprint density at radius 2 is 0.968 bits per heavy atom. The Hall–Kier alpha value is -8.34. The topological polar surface area (TPSA) is 104 Å². The van der Waals surface area contributed by atoms with Gasteiger partial charge in [-0.25, -0.2) is 15.0 Å². The second-order valence-electron chi connectivity index (χ2n) is 16.2. The van der Waals surface area contributed by atoms with Gasteiger partial charge in [-0.15, -0.1) is 0 Å². The van der Waals surface area contributed by atoms with E-state index in [-0.39, 0.29) is 6.17 Å². The first-order valence-electron chi connectivity index (χ1n) is 21.2. The van der Waals surface area contributed by atoms with E-state index >= 15 is 0 Å². The van der Waals surface area contributed by atoms with Gasteiger partial charge in [0.2, 0.25) is 0 Å². The number of hydrogen-bond donors (Lipinski definition) is 2. The summed E-state index contributed by atoms with van der Waals surface area (Å²) >= 11 is 0. The molecule has 1 unspecified atom stereocenters. The van der Waals surface area contributed by atoms with E-state index in [0.717, 1.165) is 83.9 Å². The lowest BCUT2D eigenvalue weighted by Crippen LogP contribution is -2.36. The predicted molar refractivity (Wildman–Crippen MR) is 258 cm³/mol. The van der Waals surface area contributed by atoms with Gasteiger partial charge in [0.15, 0.2) is 17.5 Å². The van der Waals surface area contributed by atoms with Gasteiger partial charge in [0.1, 0.15) is 6.17 Å². The van der Waals surface area contributed by atoms with Crippen molar-refractivity contribution in [1.82, 2.24) is 15.0 Å². The number of hydrogen-bond acceptors (Lipinski definition) is 7. The van der Waals surface area contributed by atoms with Crippen molar-refractivity contribution in [2.45, 2.75) is 20.0 Å². The van der Waals surface area contributed by atoms with Crippen LogP contribution in [0.4, 0.5) is 22.7 Å². The maximum atomic E-state index is 10.4. The van der Waals surface area contributed by atoms with Crippen molar-refractivity contribution in [3.8, 4) is 84.7 Å². The molecule has 9 aromatic rings. The third-order valence-electron chi connectivity index (χ3n) is 11.7. The van der Waals surface area contributed by atoms with E-state index in [2.05, 4.69) is 151 Å². The number of nitriles is 1. The highest BCUT2D eigenvalue weighted by atomic mass is 15.3. The SMILES string of the molecule is CC(C)C1Nc2ccccc2N1c1ccc(-c2cccc(-c3ccc(-c4ccc(-c5nc(-c6ccccc6)nc(-c6cccc(-c7ccc(N)cc7)c6)n5)cc4)cc3)c2)c(C#N)c1. The molecule has 0 radical (unpaired) electrons. The molecule has 0 spiro atoms. The number of anilines is 4. The molecule has 3 N–H and O–H groups in total. The first-order chi connectivity index (χ1) is 30.9. The van der Waals surface area contributed by atoms with Gasteiger partial charge in [-0.2, -0.15) is 5.26 Å². The minimum atomic E-state index is 0.0946. The molecule has 0 saturated heterocycles. The van der Waals surface area contributed by atoms with Crippen LogP contribution in [-0.4, -0.2) is 21.1 Å². The summed E-state index contributed by atoms with van der Waals surface area (Å²) in [7, 11) is 0. The number of nitrogen functional groups attached to an aromatic ring is 1. The summed E-state index contributed by atoms with van der Waals surface area (Å²) in [4.78, 5) is 17.2. The van der Waals surface area contributed by atoms with Crippen molar-refractivity contribution in [2.24, 2.45) is 5.92 Å². The summed E-state index contributed by atoms with van der Waals surface area (Å²) < 4.78 is 0. The second-order valence-corrected chi connectivity index (χ2v) is 16.2. The van der Waals surface area contributed by atoms with Crippen molar-refractivity contribution in [2.75, 3.05) is 16.0 Å². The maximum absolute atomic E-state index is 10.4. The van der Waals surface area contributed by atoms with Gasteiger partial charge in [-0.3, -0.25) is 0 Å². The lowest BCUT2D eigenvalue weighted by molar-refractivity contribution is 0.543. The van der Waals surface area contributed by atoms with Gasteiger partial charge >= 0.3 is 0 Å². The lowest BCUT2D eigenvalue weighted by atomic mass is 9.94. The fourth-order valence-corrected chi connectivity index (χ4v) is 8.37. The third-order valence-corrected chi connectivity index (χ3v) is 11.7. The molecule has 1 aliphatic heterocycles. The molecule has 10 rings (SSSR count). The molecule has 1 aliphatic rings. The lowest BCUT2D eigenvalue weighted by Gasteiger charge is -2.30. The van der Waals surface area contributed by atoms with E-state index in [1.165, 1.54) is 0 Å². The summed E-state index contributed by atoms with van der Waals surface area (Å²) in [6.07, 6.45) is 0.0946. The highest BCUT2D eigenvalue weighted by Gasteiger charge is 2.32. The number of rotatable bonds is 9. The molecule has 7 heteroatoms. The van der Waals surface area contributed by atoms with E-state index in [1.54, 1.807) is 0 Å². The van der Waals surface area contributed by atoms with Gasteiger partial charge in [0.05, 0.1) is 23.0 Å². The third kappa shape index (κ3) is 7.78. The summed E-state index contributed by atoms with van der Waals surface area (Å²) in [5.74, 6) is 2.17. The van der Waals surface area contributed by atoms with Crippen LogP contribution < -0.4 is 16.0 Å². The molecule has 7 nitrogen and oxygen atoms in total. The molecule has 2 heterocycles. The Balaban J connectivity index is 0.910. The van der Waals surface area contributed by atoms with E-state index in [0.29, 0.717) is 29.0 Å². The summed E-state index contributed by atoms with van der Waals surface area (Å²) in [6, 6.07) is 68.7. The number of benzene rings is 8. The van der Waals surface area contributed by atoms with Crippen molar-refractivity contribution in [3.63, 3.8) is 0 Å². The zero-order valence-electron chi connectivity index (χ0n) is 34.9. The van der Waals surface area contributed by atoms with Crippen molar-refractivity contribution < 1.29 is 0 Å². The zero-order chi connectivity index (χ0) is 42.9. The van der Waals surface area contributed by atoms with E-state index in [1.807, 2.05) is 72.8 Å². The van der Waals surface area contributed by atoms with Gasteiger partial charge in [-0.1, -0.05) is 159 Å². The zero-order valence-corrected chi connectivity index (χ0v) is 34.9. The van der Waals surface area contributed by atoms with Gasteiger partial charge < -0.3 is 16.0 Å². The monoisotopic (exact) mass is 813 g/mol. The molecule has 8 aromatic carbocycles. The molecule has 1 atom stereocenters. The van der Waals surface area contributed by atoms with E-state index in [4.69, 9.17) is 20.7 Å². The molecular formula is C56H43N7. The average molecular weight is 814 g/mol. The number of para-hydroxylation sites is 2. The number of aromatic nitrogens is 3. The van der Waals surface area contributed by atoms with Crippen LogP contribution >= 0.6 is 0 Å². The van der Waals surface area contributed by atoms with Gasteiger partial charge in [0.25, 0.3) is 0 Å². The van der Waals surface area contributed by atoms with Crippen LogP contribution in [0.2, 0.25) is 0 Å². The second kappa shape index (κ2) is 16.6. The number of nitrogens with two attached hydrogens (primary N) is 1. The maximum Gasteiger partial charge on any atom is 0.164 e. The first kappa shape index (κ1) is 38.8. The Kier molecular flexibility index (Phi) is 10.2. The molecular weight excluding hydrogens is 771 g/mol. The van der Waals surface area contributed by atoms with Crippen LogP contribution in [-0.2, 0) is 0 Å². The van der Waals surface area contributed by atoms with Crippen LogP contribution in [0.3, 0.4) is 0 Å². The molecule has 1 aromatic heterocycles. The Labute approximate surface area is 367 Å². The summed E-state index contributed by atoms with van der Waals surface area (Å²) in [6.45, 7) is 4.43. The average Bonchev–Trinajstić information content (AvgIpc) is 3.75. The highest BCUT2D eigenvalue weighted by Crippen LogP contribution is 2.43. The molecule has 0 bridgehead atoms. The minimum absolute atomic E-state index is 0.0946. The summed E-state index contributed by atoms with van der Waals surface area (Å²) in [5, 5.41) is 14.1. The standard InChI is InChI=1S/C56H43N7/c1-36(2)56-59-51-16-6-7-17-52(51)63(56)49-30-31-50(47(34-49)35-57)45-14-8-12-43(32-45)39-20-18-37(19-21-39)38-22-24-42(25-23-38)54-60-53(41-10-4-3-5-11-41)61-55(62-54)46-15-9-13-44(33-46)40-26-28-48(58)29-27-40/h3-34,36,56,59H,58H2,1-2H3. The smallest absolute Gasteiger partial charge is 0.164 e. The van der Waals surface area contributed by atoms with Crippen LogP contribution in [0.15, 0.2) is 194 Å². The Morgan fingerprint density at radius 1 is 0.492 bits per heavy atom. The van der Waals surface area contributed by atoms with Crippen molar-refractivity contribution >= 4 is 22.7 Å². The number of fused-ring (bicyclic) bond motifs is 1. The molecule has 63 heavy (non-hydrogen) atoms. The Bertz CT molecular complexity index is 3130. The number of nitrogens with one attached hydrogen (secondary N) is 1. The van der Waals surface area contributed by atoms with Crippen LogP contribution in [0, 0.1) is 17.2 Å². The largest absolute Gasteiger partial charge is 0.399 e. The quantitative estimate of drug-likeness (QED) is 0.140. The molecule has 0 fully saturated rings. The van der Waals surface area contributed by atoms with Gasteiger partial charge in [-0.05, 0) is 99.0 Å². The number of nitrogens with zero attached hydrogens (tertiary/aromatic N) is 5. The minimum Gasteiger partial charge on any atom is -0.399 e. The fourth-order valence-electron chi connectivity index (χ4n) is 8.37. The molecule has 302 valence electrons. The van der Waals surface area contributed by atoms with Crippen molar-refractivity contribution in [1.29, 1.82) is 5.26 Å². The summed E-state index contributed by atoms with van der Waals surface area (Å²) in [5.41, 5.74) is 21.7. The van der Waals surface area contributed by atoms with Crippen LogP contribution in [0.5, 0.6) is 0 Å². The van der Waals surface area contributed by atoms with Crippen molar-refractivity contribution in [3.05, 3.63) is 200 Å². The van der Waals surface area contributed by atoms with E-state index < -0.39 is 0 Å². The Morgan fingerprint density at radius 3 is 1.59 bits per heavy atom. The highest BCUT2D eigenvalue weighted by molar-refractivity contribution is 5.85. The molecule has 0 saturated carbocycles. The van der Waals surface area contributed by atoms with Crippen LogP contribution in [0.25, 0.3) is 78.7 Å². The van der Waals surface area contributed by atoms with Crippen LogP contribution in [0.1, 0.15) is 19.4 Å². The fraction of sp³-hybridized carbons (Fsp3) is 0.0714. The van der Waals surface area contributed by atoms with Gasteiger partial charge in [0, 0.05) is 28.1 Å². The van der Waals surface area contributed by atoms with E-state index in [9.17, 15) is 5.26 Å².